The van der Waals surface area contributed by atoms with Crippen molar-refractivity contribution in [2.24, 2.45) is 0 Å². The molecular formula is C17H13ClN2O3S. The lowest BCUT2D eigenvalue weighted by Gasteiger charge is -2.05. The number of rotatable bonds is 5. The number of carbonyl (C=O) groups is 1. The first-order valence-corrected chi connectivity index (χ1v) is 8.21. The maximum atomic E-state index is 12.3. The topological polar surface area (TPSA) is 61.3 Å². The van der Waals surface area contributed by atoms with Crippen LogP contribution in [0.4, 0.5) is 0 Å². The predicted molar refractivity (Wildman–Crippen MR) is 92.5 cm³/mol. The quantitative estimate of drug-likeness (QED) is 0.637. The number of nitrogens with zero attached hydrogens (tertiary/aromatic N) is 2. The molecule has 0 radical (unpaired) electrons. The molecule has 24 heavy (non-hydrogen) atoms. The lowest BCUT2D eigenvalue weighted by Crippen LogP contribution is -2.05. The van der Waals surface area contributed by atoms with Crippen LogP contribution in [-0.4, -0.2) is 22.7 Å². The number of halogens is 1. The molecule has 0 atom stereocenters. The zero-order valence-electron chi connectivity index (χ0n) is 12.7. The van der Waals surface area contributed by atoms with Crippen molar-refractivity contribution >= 4 is 29.1 Å². The van der Waals surface area contributed by atoms with Crippen molar-refractivity contribution in [2.45, 2.75) is 6.61 Å². The molecule has 0 aliphatic heterocycles. The number of aromatic nitrogens is 2. The molecule has 1 aromatic heterocycles. The minimum atomic E-state index is -0.462. The number of esters is 1. The molecule has 2 aromatic carbocycles. The molecule has 3 aromatic rings. The highest BCUT2D eigenvalue weighted by Gasteiger charge is 2.19. The SMILES string of the molecule is COc1ccc(-c2nnsc2C(=O)OCc2cccc(Cl)c2)cc1. The Kier molecular flexibility index (Phi) is 5.08. The van der Waals surface area contributed by atoms with E-state index in [1.807, 2.05) is 24.3 Å². The molecule has 0 N–H and O–H groups in total. The zero-order valence-corrected chi connectivity index (χ0v) is 14.3. The number of benzene rings is 2. The van der Waals surface area contributed by atoms with Gasteiger partial charge in [0.15, 0.2) is 4.88 Å². The van der Waals surface area contributed by atoms with Gasteiger partial charge in [0.05, 0.1) is 7.11 Å². The van der Waals surface area contributed by atoms with E-state index < -0.39 is 5.97 Å². The second kappa shape index (κ2) is 7.42. The first-order chi connectivity index (χ1) is 11.7. The number of ether oxygens (including phenoxy) is 2. The third-order valence-electron chi connectivity index (χ3n) is 3.30. The molecule has 0 spiro atoms. The monoisotopic (exact) mass is 360 g/mol. The molecule has 0 unspecified atom stereocenters. The van der Waals surface area contributed by atoms with Gasteiger partial charge in [-0.1, -0.05) is 28.2 Å². The number of carbonyl (C=O) groups excluding carboxylic acids is 1. The number of hydrogen-bond donors (Lipinski definition) is 0. The van der Waals surface area contributed by atoms with Gasteiger partial charge in [-0.15, -0.1) is 5.10 Å². The fraction of sp³-hybridized carbons (Fsp3) is 0.118. The van der Waals surface area contributed by atoms with Crippen molar-refractivity contribution < 1.29 is 14.3 Å². The van der Waals surface area contributed by atoms with E-state index in [1.165, 1.54) is 0 Å². The Labute approximate surface area is 148 Å². The molecule has 3 rings (SSSR count). The van der Waals surface area contributed by atoms with Crippen molar-refractivity contribution in [1.29, 1.82) is 0 Å². The van der Waals surface area contributed by atoms with Crippen molar-refractivity contribution in [3.05, 3.63) is 64.0 Å². The Morgan fingerprint density at radius 3 is 2.71 bits per heavy atom. The van der Waals surface area contributed by atoms with Gasteiger partial charge >= 0.3 is 5.97 Å². The molecule has 122 valence electrons. The minimum Gasteiger partial charge on any atom is -0.497 e. The van der Waals surface area contributed by atoms with Gasteiger partial charge in [0.1, 0.15) is 18.1 Å². The predicted octanol–water partition coefficient (Wildman–Crippen LogP) is 4.22. The van der Waals surface area contributed by atoms with E-state index in [0.29, 0.717) is 15.6 Å². The maximum absolute atomic E-state index is 12.3. The van der Waals surface area contributed by atoms with Gasteiger partial charge in [-0.05, 0) is 53.5 Å². The molecule has 0 aliphatic carbocycles. The van der Waals surface area contributed by atoms with Gasteiger partial charge in [-0.25, -0.2) is 4.79 Å². The first-order valence-electron chi connectivity index (χ1n) is 7.05. The molecule has 0 fully saturated rings. The van der Waals surface area contributed by atoms with E-state index in [4.69, 9.17) is 21.1 Å². The number of methoxy groups -OCH3 is 1. The summed E-state index contributed by atoms with van der Waals surface area (Å²) < 4.78 is 14.3. The van der Waals surface area contributed by atoms with Crippen LogP contribution in [0.15, 0.2) is 48.5 Å². The fourth-order valence-electron chi connectivity index (χ4n) is 2.10. The van der Waals surface area contributed by atoms with Crippen LogP contribution in [0, 0.1) is 0 Å². The maximum Gasteiger partial charge on any atom is 0.352 e. The van der Waals surface area contributed by atoms with E-state index in [0.717, 1.165) is 28.4 Å². The molecule has 1 heterocycles. The van der Waals surface area contributed by atoms with Crippen LogP contribution in [0.2, 0.25) is 5.02 Å². The highest BCUT2D eigenvalue weighted by molar-refractivity contribution is 7.08. The largest absolute Gasteiger partial charge is 0.497 e. The third-order valence-corrected chi connectivity index (χ3v) is 4.24. The third kappa shape index (κ3) is 3.72. The lowest BCUT2D eigenvalue weighted by atomic mass is 10.1. The highest BCUT2D eigenvalue weighted by Crippen LogP contribution is 2.26. The normalized spacial score (nSPS) is 10.4. The average Bonchev–Trinajstić information content (AvgIpc) is 3.09. The number of hydrogen-bond acceptors (Lipinski definition) is 6. The molecule has 0 saturated carbocycles. The lowest BCUT2D eigenvalue weighted by molar-refractivity contribution is 0.0479. The Morgan fingerprint density at radius 2 is 2.00 bits per heavy atom. The van der Waals surface area contributed by atoms with E-state index in [-0.39, 0.29) is 6.61 Å². The van der Waals surface area contributed by atoms with E-state index in [2.05, 4.69) is 9.59 Å². The summed E-state index contributed by atoms with van der Waals surface area (Å²) in [6.45, 7) is 0.138. The van der Waals surface area contributed by atoms with Crippen LogP contribution < -0.4 is 4.74 Å². The van der Waals surface area contributed by atoms with E-state index in [1.54, 1.807) is 31.4 Å². The fourth-order valence-corrected chi connectivity index (χ4v) is 2.90. The minimum absolute atomic E-state index is 0.138. The summed E-state index contributed by atoms with van der Waals surface area (Å²) in [4.78, 5) is 12.7. The van der Waals surface area contributed by atoms with Crippen molar-refractivity contribution in [1.82, 2.24) is 9.59 Å². The molecule has 0 bridgehead atoms. The standard InChI is InChI=1S/C17H13ClN2O3S/c1-22-14-7-5-12(6-8-14)15-16(24-20-19-15)17(21)23-10-11-3-2-4-13(18)9-11/h2-9H,10H2,1H3. The first kappa shape index (κ1) is 16.4. The Hall–Kier alpha value is -2.44. The molecule has 5 nitrogen and oxygen atoms in total. The van der Waals surface area contributed by atoms with Crippen LogP contribution in [0.3, 0.4) is 0 Å². The summed E-state index contributed by atoms with van der Waals surface area (Å²) in [7, 11) is 1.60. The van der Waals surface area contributed by atoms with Crippen LogP contribution in [0.25, 0.3) is 11.3 Å². The van der Waals surface area contributed by atoms with E-state index in [9.17, 15) is 4.79 Å². The molecule has 7 heteroatoms. The molecule has 0 saturated heterocycles. The summed E-state index contributed by atoms with van der Waals surface area (Å²) in [5, 5.41) is 4.64. The highest BCUT2D eigenvalue weighted by atomic mass is 35.5. The summed E-state index contributed by atoms with van der Waals surface area (Å²) in [6.07, 6.45) is 0. The average molecular weight is 361 g/mol. The second-order valence-electron chi connectivity index (χ2n) is 4.89. The van der Waals surface area contributed by atoms with Crippen LogP contribution in [0.1, 0.15) is 15.2 Å². The van der Waals surface area contributed by atoms with Gasteiger partial charge in [0, 0.05) is 10.6 Å². The van der Waals surface area contributed by atoms with Crippen molar-refractivity contribution in [3.8, 4) is 17.0 Å². The van der Waals surface area contributed by atoms with Gasteiger partial charge in [-0.2, -0.15) is 0 Å². The van der Waals surface area contributed by atoms with Gasteiger partial charge in [0.2, 0.25) is 0 Å². The molecule has 0 amide bonds. The summed E-state index contributed by atoms with van der Waals surface area (Å²) in [5.74, 6) is 0.266. The second-order valence-corrected chi connectivity index (χ2v) is 6.08. The van der Waals surface area contributed by atoms with Crippen LogP contribution in [-0.2, 0) is 11.3 Å². The molecule has 0 aliphatic rings. The van der Waals surface area contributed by atoms with Gasteiger partial charge in [0.25, 0.3) is 0 Å². The molecular weight excluding hydrogens is 348 g/mol. The Bertz CT molecular complexity index is 849. The van der Waals surface area contributed by atoms with Crippen molar-refractivity contribution in [3.63, 3.8) is 0 Å². The van der Waals surface area contributed by atoms with Crippen LogP contribution >= 0.6 is 23.1 Å². The summed E-state index contributed by atoms with van der Waals surface area (Å²) in [5.41, 5.74) is 2.09. The Morgan fingerprint density at radius 1 is 1.21 bits per heavy atom. The van der Waals surface area contributed by atoms with Crippen molar-refractivity contribution in [2.75, 3.05) is 7.11 Å². The van der Waals surface area contributed by atoms with E-state index >= 15 is 0 Å². The zero-order chi connectivity index (χ0) is 16.9. The van der Waals surface area contributed by atoms with Gasteiger partial charge < -0.3 is 9.47 Å². The summed E-state index contributed by atoms with van der Waals surface area (Å²) in [6, 6.07) is 14.4. The Balaban J connectivity index is 1.75. The smallest absolute Gasteiger partial charge is 0.352 e. The summed E-state index contributed by atoms with van der Waals surface area (Å²) >= 11 is 6.93. The van der Waals surface area contributed by atoms with Crippen LogP contribution in [0.5, 0.6) is 5.75 Å². The van der Waals surface area contributed by atoms with Gasteiger partial charge in [-0.3, -0.25) is 0 Å².